The van der Waals surface area contributed by atoms with Crippen molar-refractivity contribution in [3.8, 4) is 0 Å². The Morgan fingerprint density at radius 2 is 1.89 bits per heavy atom. The molecule has 1 aliphatic rings. The molecule has 18 heavy (non-hydrogen) atoms. The number of halogens is 2. The summed E-state index contributed by atoms with van der Waals surface area (Å²) in [5.74, 6) is 0.715. The number of carbonyl (C=O) groups excluding carboxylic acids is 1. The van der Waals surface area contributed by atoms with Crippen molar-refractivity contribution >= 4 is 29.0 Å². The number of carbonyl (C=O) groups is 1. The third kappa shape index (κ3) is 2.89. The summed E-state index contributed by atoms with van der Waals surface area (Å²) in [5, 5.41) is 1.16. The van der Waals surface area contributed by atoms with Gasteiger partial charge in [0.25, 0.3) is 0 Å². The zero-order chi connectivity index (χ0) is 13.5. The van der Waals surface area contributed by atoms with Crippen LogP contribution in [0.4, 0.5) is 0 Å². The maximum Gasteiger partial charge on any atom is 0.164 e. The molecule has 0 unspecified atom stereocenters. The SMILES string of the molecule is CC(C)(C)c1c(Cl)ccc(C(=O)CC2CC2)c1Cl. The molecule has 3 heteroatoms. The quantitative estimate of drug-likeness (QED) is 0.691. The van der Waals surface area contributed by atoms with E-state index in [0.717, 1.165) is 5.56 Å². The molecular formula is C15H18Cl2O. The lowest BCUT2D eigenvalue weighted by Gasteiger charge is -2.23. The highest BCUT2D eigenvalue weighted by atomic mass is 35.5. The first-order chi connectivity index (χ1) is 8.30. The van der Waals surface area contributed by atoms with E-state index in [1.165, 1.54) is 12.8 Å². The van der Waals surface area contributed by atoms with E-state index in [2.05, 4.69) is 20.8 Å². The van der Waals surface area contributed by atoms with Gasteiger partial charge in [0, 0.05) is 17.0 Å². The van der Waals surface area contributed by atoms with Crippen LogP contribution in [-0.4, -0.2) is 5.78 Å². The molecule has 98 valence electrons. The summed E-state index contributed by atoms with van der Waals surface area (Å²) in [7, 11) is 0. The molecule has 1 saturated carbocycles. The lowest BCUT2D eigenvalue weighted by atomic mass is 9.85. The Kier molecular flexibility index (Phi) is 3.75. The lowest BCUT2D eigenvalue weighted by Crippen LogP contribution is -2.15. The Balaban J connectivity index is 2.40. The minimum atomic E-state index is -0.163. The fourth-order valence-electron chi connectivity index (χ4n) is 2.15. The predicted molar refractivity (Wildman–Crippen MR) is 76.8 cm³/mol. The van der Waals surface area contributed by atoms with Gasteiger partial charge in [-0.05, 0) is 41.9 Å². The monoisotopic (exact) mass is 284 g/mol. The Bertz CT molecular complexity index is 482. The van der Waals surface area contributed by atoms with E-state index < -0.39 is 0 Å². The minimum absolute atomic E-state index is 0.143. The van der Waals surface area contributed by atoms with Crippen molar-refractivity contribution in [2.45, 2.75) is 45.4 Å². The lowest BCUT2D eigenvalue weighted by molar-refractivity contribution is 0.0976. The molecule has 0 radical (unpaired) electrons. The van der Waals surface area contributed by atoms with Gasteiger partial charge in [-0.2, -0.15) is 0 Å². The summed E-state index contributed by atoms with van der Waals surface area (Å²) < 4.78 is 0. The van der Waals surface area contributed by atoms with Crippen LogP contribution in [0.3, 0.4) is 0 Å². The van der Waals surface area contributed by atoms with Gasteiger partial charge < -0.3 is 0 Å². The highest BCUT2D eigenvalue weighted by Crippen LogP contribution is 2.39. The second-order valence-corrected chi connectivity index (χ2v) is 6.89. The maximum atomic E-state index is 12.2. The molecule has 0 amide bonds. The van der Waals surface area contributed by atoms with Crippen molar-refractivity contribution in [3.05, 3.63) is 33.3 Å². The highest BCUT2D eigenvalue weighted by Gasteiger charge is 2.28. The molecule has 0 spiro atoms. The number of benzene rings is 1. The first-order valence-corrected chi connectivity index (χ1v) is 7.08. The average Bonchev–Trinajstić information content (AvgIpc) is 2.99. The molecule has 1 fully saturated rings. The molecule has 0 saturated heterocycles. The Morgan fingerprint density at radius 3 is 2.39 bits per heavy atom. The van der Waals surface area contributed by atoms with Gasteiger partial charge in [-0.1, -0.05) is 44.0 Å². The number of hydrogen-bond donors (Lipinski definition) is 0. The predicted octanol–water partition coefficient (Wildman–Crippen LogP) is 5.27. The van der Waals surface area contributed by atoms with Gasteiger partial charge in [0.05, 0.1) is 5.02 Å². The Hall–Kier alpha value is -0.530. The second kappa shape index (κ2) is 4.86. The number of hydrogen-bond acceptors (Lipinski definition) is 1. The molecule has 0 aromatic heterocycles. The van der Waals surface area contributed by atoms with Crippen molar-refractivity contribution in [3.63, 3.8) is 0 Å². The Morgan fingerprint density at radius 1 is 1.28 bits per heavy atom. The molecule has 0 N–H and O–H groups in total. The van der Waals surface area contributed by atoms with Gasteiger partial charge in [0.1, 0.15) is 0 Å². The summed E-state index contributed by atoms with van der Waals surface area (Å²) in [5.41, 5.74) is 1.33. The van der Waals surface area contributed by atoms with E-state index in [4.69, 9.17) is 23.2 Å². The van der Waals surface area contributed by atoms with Gasteiger partial charge in [-0.25, -0.2) is 0 Å². The molecule has 2 rings (SSSR count). The average molecular weight is 285 g/mol. The first-order valence-electron chi connectivity index (χ1n) is 6.32. The Labute approximate surface area is 118 Å². The van der Waals surface area contributed by atoms with E-state index in [1.54, 1.807) is 12.1 Å². The summed E-state index contributed by atoms with van der Waals surface area (Å²) in [6.45, 7) is 6.15. The minimum Gasteiger partial charge on any atom is -0.294 e. The zero-order valence-electron chi connectivity index (χ0n) is 11.0. The number of rotatable bonds is 3. The molecule has 1 nitrogen and oxygen atoms in total. The van der Waals surface area contributed by atoms with E-state index in [-0.39, 0.29) is 11.2 Å². The standard InChI is InChI=1S/C15H18Cl2O/c1-15(2,3)13-11(16)7-6-10(14(13)17)12(18)8-9-4-5-9/h6-7,9H,4-5,8H2,1-3H3. The third-order valence-corrected chi connectivity index (χ3v) is 4.02. The van der Waals surface area contributed by atoms with Crippen LogP contribution < -0.4 is 0 Å². The summed E-state index contributed by atoms with van der Waals surface area (Å²) in [4.78, 5) is 12.2. The molecular weight excluding hydrogens is 267 g/mol. The van der Waals surface area contributed by atoms with Crippen molar-refractivity contribution < 1.29 is 4.79 Å². The summed E-state index contributed by atoms with van der Waals surface area (Å²) in [6.07, 6.45) is 2.96. The molecule has 0 bridgehead atoms. The van der Waals surface area contributed by atoms with Crippen LogP contribution in [-0.2, 0) is 5.41 Å². The number of ketones is 1. The highest BCUT2D eigenvalue weighted by molar-refractivity contribution is 6.38. The topological polar surface area (TPSA) is 17.1 Å². The first kappa shape index (κ1) is 13.9. The summed E-state index contributed by atoms with van der Waals surface area (Å²) >= 11 is 12.6. The molecule has 0 heterocycles. The van der Waals surface area contributed by atoms with Crippen LogP contribution in [0, 0.1) is 5.92 Å². The summed E-state index contributed by atoms with van der Waals surface area (Å²) in [6, 6.07) is 3.54. The van der Waals surface area contributed by atoms with Gasteiger partial charge in [0.2, 0.25) is 0 Å². The maximum absolute atomic E-state index is 12.2. The van der Waals surface area contributed by atoms with Crippen LogP contribution in [0.1, 0.15) is 56.0 Å². The number of Topliss-reactive ketones (excluding diaryl/α,β-unsaturated/α-hetero) is 1. The molecule has 1 aromatic carbocycles. The van der Waals surface area contributed by atoms with Gasteiger partial charge in [0.15, 0.2) is 5.78 Å². The second-order valence-electron chi connectivity index (χ2n) is 6.10. The molecule has 0 atom stereocenters. The van der Waals surface area contributed by atoms with Gasteiger partial charge >= 0.3 is 0 Å². The zero-order valence-corrected chi connectivity index (χ0v) is 12.5. The van der Waals surface area contributed by atoms with Crippen LogP contribution >= 0.6 is 23.2 Å². The van der Waals surface area contributed by atoms with Crippen LogP contribution in [0.15, 0.2) is 12.1 Å². The van der Waals surface area contributed by atoms with Crippen molar-refractivity contribution in [2.24, 2.45) is 5.92 Å². The molecule has 1 aromatic rings. The van der Waals surface area contributed by atoms with E-state index in [9.17, 15) is 4.79 Å². The van der Waals surface area contributed by atoms with Crippen LogP contribution in [0.2, 0.25) is 10.0 Å². The third-order valence-electron chi connectivity index (χ3n) is 3.31. The smallest absolute Gasteiger partial charge is 0.164 e. The van der Waals surface area contributed by atoms with E-state index in [1.807, 2.05) is 0 Å². The van der Waals surface area contributed by atoms with Crippen molar-refractivity contribution in [1.29, 1.82) is 0 Å². The van der Waals surface area contributed by atoms with E-state index >= 15 is 0 Å². The normalized spacial score (nSPS) is 15.8. The largest absolute Gasteiger partial charge is 0.294 e. The fourth-order valence-corrected chi connectivity index (χ4v) is 3.19. The fraction of sp³-hybridized carbons (Fsp3) is 0.533. The van der Waals surface area contributed by atoms with Gasteiger partial charge in [-0.3, -0.25) is 4.79 Å². The van der Waals surface area contributed by atoms with Crippen LogP contribution in [0.25, 0.3) is 0 Å². The van der Waals surface area contributed by atoms with Crippen molar-refractivity contribution in [2.75, 3.05) is 0 Å². The van der Waals surface area contributed by atoms with Gasteiger partial charge in [-0.15, -0.1) is 0 Å². The van der Waals surface area contributed by atoms with Crippen molar-refractivity contribution in [1.82, 2.24) is 0 Å². The van der Waals surface area contributed by atoms with Crippen LogP contribution in [0.5, 0.6) is 0 Å². The van der Waals surface area contributed by atoms with E-state index in [0.29, 0.717) is 27.9 Å². The molecule has 1 aliphatic carbocycles. The molecule has 0 aliphatic heterocycles.